The van der Waals surface area contributed by atoms with Crippen LogP contribution in [-0.4, -0.2) is 19.4 Å². The maximum atomic E-state index is 12.0. The van der Waals surface area contributed by atoms with Gasteiger partial charge in [-0.05, 0) is 40.2 Å². The first-order valence-electron chi connectivity index (χ1n) is 5.80. The Morgan fingerprint density at radius 1 is 1.35 bits per heavy atom. The maximum Gasteiger partial charge on any atom is 0.313 e. The van der Waals surface area contributed by atoms with Crippen molar-refractivity contribution in [1.82, 2.24) is 0 Å². The van der Waals surface area contributed by atoms with Gasteiger partial charge in [-0.25, -0.2) is 0 Å². The van der Waals surface area contributed by atoms with E-state index in [0.717, 1.165) is 11.1 Å². The topological polar surface area (TPSA) is 26.3 Å². The molecule has 0 aliphatic carbocycles. The molecule has 1 atom stereocenters. The van der Waals surface area contributed by atoms with Gasteiger partial charge in [0.05, 0.1) is 5.92 Å². The third-order valence-corrected chi connectivity index (χ3v) is 2.64. The predicted octanol–water partition coefficient (Wildman–Crippen LogP) is 2.23. The summed E-state index contributed by atoms with van der Waals surface area (Å²) in [5.74, 6) is -0.510. The minimum atomic E-state index is -0.459. The molecule has 17 heavy (non-hydrogen) atoms. The Morgan fingerprint density at radius 3 is 2.47 bits per heavy atom. The highest BCUT2D eigenvalue weighted by molar-refractivity contribution is 6.33. The summed E-state index contributed by atoms with van der Waals surface area (Å²) in [7, 11) is 5.83. The van der Waals surface area contributed by atoms with E-state index in [4.69, 9.17) is 12.6 Å². The van der Waals surface area contributed by atoms with Crippen LogP contribution in [0.2, 0.25) is 0 Å². The number of carbonyl (C=O) groups is 1. The van der Waals surface area contributed by atoms with E-state index in [-0.39, 0.29) is 11.9 Å². The summed E-state index contributed by atoms with van der Waals surface area (Å²) < 4.78 is 5.37. The summed E-state index contributed by atoms with van der Waals surface area (Å²) in [6.45, 7) is 9.36. The van der Waals surface area contributed by atoms with Crippen LogP contribution in [0.4, 0.5) is 0 Å². The fourth-order valence-corrected chi connectivity index (χ4v) is 1.66. The molecular weight excluding hydrogens is 211 g/mol. The molecule has 1 aromatic carbocycles. The number of esters is 1. The first-order valence-corrected chi connectivity index (χ1v) is 5.80. The summed E-state index contributed by atoms with van der Waals surface area (Å²) >= 11 is 0. The van der Waals surface area contributed by atoms with Crippen LogP contribution in [-0.2, 0) is 9.53 Å². The molecule has 2 radical (unpaired) electrons. The van der Waals surface area contributed by atoms with Gasteiger partial charge in [-0.2, -0.15) is 0 Å². The lowest BCUT2D eigenvalue weighted by molar-refractivity contribution is -0.156. The van der Waals surface area contributed by atoms with Crippen LogP contribution in [0.5, 0.6) is 0 Å². The summed E-state index contributed by atoms with van der Waals surface area (Å²) in [6.07, 6.45) is 0. The van der Waals surface area contributed by atoms with Crippen molar-refractivity contribution in [3.8, 4) is 0 Å². The minimum absolute atomic E-state index is 0.216. The van der Waals surface area contributed by atoms with E-state index in [1.807, 2.05) is 52.8 Å². The van der Waals surface area contributed by atoms with E-state index in [2.05, 4.69) is 0 Å². The van der Waals surface area contributed by atoms with Gasteiger partial charge < -0.3 is 4.74 Å². The predicted molar refractivity (Wildman–Crippen MR) is 70.8 cm³/mol. The van der Waals surface area contributed by atoms with Crippen LogP contribution in [0.25, 0.3) is 0 Å². The quantitative estimate of drug-likeness (QED) is 0.575. The van der Waals surface area contributed by atoms with Crippen molar-refractivity contribution in [3.63, 3.8) is 0 Å². The van der Waals surface area contributed by atoms with Gasteiger partial charge in [0.2, 0.25) is 0 Å². The average molecular weight is 230 g/mol. The summed E-state index contributed by atoms with van der Waals surface area (Å²) in [4.78, 5) is 12.0. The number of ether oxygens (including phenoxy) is 1. The van der Waals surface area contributed by atoms with Crippen LogP contribution in [0.3, 0.4) is 0 Å². The molecule has 90 valence electrons. The Bertz CT molecular complexity index is 419. The molecule has 0 N–H and O–H groups in total. The lowest BCUT2D eigenvalue weighted by atomic mass is 9.85. The number of benzene rings is 1. The van der Waals surface area contributed by atoms with Crippen LogP contribution in [0.15, 0.2) is 18.2 Å². The molecule has 0 aliphatic heterocycles. The van der Waals surface area contributed by atoms with Crippen LogP contribution < -0.4 is 5.46 Å². The molecule has 0 aliphatic rings. The molecule has 1 unspecified atom stereocenters. The van der Waals surface area contributed by atoms with Crippen molar-refractivity contribution >= 4 is 19.3 Å². The van der Waals surface area contributed by atoms with E-state index in [0.29, 0.717) is 5.46 Å². The second-order valence-electron chi connectivity index (χ2n) is 5.32. The van der Waals surface area contributed by atoms with E-state index < -0.39 is 5.60 Å². The number of carbonyl (C=O) groups excluding carboxylic acids is 1. The summed E-state index contributed by atoms with van der Waals surface area (Å²) in [6, 6.07) is 5.61. The first kappa shape index (κ1) is 13.8. The molecule has 1 rings (SSSR count). The fraction of sp³-hybridized carbons (Fsp3) is 0.500. The largest absolute Gasteiger partial charge is 0.460 e. The van der Waals surface area contributed by atoms with Gasteiger partial charge in [0, 0.05) is 0 Å². The Kier molecular flexibility index (Phi) is 4.02. The Morgan fingerprint density at radius 2 is 1.94 bits per heavy atom. The van der Waals surface area contributed by atoms with Crippen LogP contribution in [0.1, 0.15) is 44.7 Å². The van der Waals surface area contributed by atoms with Crippen molar-refractivity contribution in [2.45, 2.75) is 46.1 Å². The lowest BCUT2D eigenvalue weighted by Gasteiger charge is -2.23. The summed E-state index contributed by atoms with van der Waals surface area (Å²) in [5, 5.41) is 0. The molecular formula is C14H19BO2. The smallest absolute Gasteiger partial charge is 0.313 e. The van der Waals surface area contributed by atoms with Gasteiger partial charge in [-0.1, -0.05) is 29.2 Å². The molecule has 0 fully saturated rings. The van der Waals surface area contributed by atoms with E-state index >= 15 is 0 Å². The highest BCUT2D eigenvalue weighted by Crippen LogP contribution is 2.22. The normalized spacial score (nSPS) is 13.2. The van der Waals surface area contributed by atoms with Crippen molar-refractivity contribution in [2.75, 3.05) is 0 Å². The highest BCUT2D eigenvalue weighted by atomic mass is 16.6. The van der Waals surface area contributed by atoms with Crippen LogP contribution in [0, 0.1) is 6.92 Å². The monoisotopic (exact) mass is 230 g/mol. The van der Waals surface area contributed by atoms with Crippen LogP contribution >= 0.6 is 0 Å². The standard InChI is InChI=1S/C14H19BO2/c1-9-11(7-6-8-12(9)15)10(2)13(16)17-14(3,4)5/h6-8,10H,1-5H3. The molecule has 2 nitrogen and oxygen atoms in total. The van der Waals surface area contributed by atoms with Gasteiger partial charge >= 0.3 is 5.97 Å². The third kappa shape index (κ3) is 3.62. The second-order valence-corrected chi connectivity index (χ2v) is 5.32. The Labute approximate surface area is 105 Å². The second kappa shape index (κ2) is 4.95. The molecule has 1 aromatic rings. The zero-order valence-electron chi connectivity index (χ0n) is 11.2. The molecule has 0 amide bonds. The molecule has 0 bridgehead atoms. The first-order chi connectivity index (χ1) is 7.72. The van der Waals surface area contributed by atoms with Crippen molar-refractivity contribution in [3.05, 3.63) is 29.3 Å². The van der Waals surface area contributed by atoms with Crippen molar-refractivity contribution < 1.29 is 9.53 Å². The Hall–Kier alpha value is -1.25. The lowest BCUT2D eigenvalue weighted by Crippen LogP contribution is -2.27. The number of hydrogen-bond donors (Lipinski definition) is 0. The zero-order chi connectivity index (χ0) is 13.2. The van der Waals surface area contributed by atoms with Gasteiger partial charge in [0.25, 0.3) is 0 Å². The zero-order valence-corrected chi connectivity index (χ0v) is 11.2. The van der Waals surface area contributed by atoms with E-state index in [1.165, 1.54) is 0 Å². The van der Waals surface area contributed by atoms with Gasteiger partial charge in [0.15, 0.2) is 0 Å². The van der Waals surface area contributed by atoms with E-state index in [1.54, 1.807) is 0 Å². The van der Waals surface area contributed by atoms with E-state index in [9.17, 15) is 4.79 Å². The molecule has 3 heteroatoms. The van der Waals surface area contributed by atoms with Gasteiger partial charge in [-0.3, -0.25) is 4.79 Å². The number of hydrogen-bond acceptors (Lipinski definition) is 2. The third-order valence-electron chi connectivity index (χ3n) is 2.64. The molecule has 0 saturated heterocycles. The average Bonchev–Trinajstić information content (AvgIpc) is 2.18. The SMILES string of the molecule is [B]c1cccc(C(C)C(=O)OC(C)(C)C)c1C. The molecule has 0 spiro atoms. The minimum Gasteiger partial charge on any atom is -0.460 e. The Balaban J connectivity index is 2.93. The maximum absolute atomic E-state index is 12.0. The van der Waals surface area contributed by atoms with Gasteiger partial charge in [0.1, 0.15) is 13.4 Å². The fourth-order valence-electron chi connectivity index (χ4n) is 1.66. The van der Waals surface area contributed by atoms with Crippen molar-refractivity contribution in [1.29, 1.82) is 0 Å². The van der Waals surface area contributed by atoms with Crippen molar-refractivity contribution in [2.24, 2.45) is 0 Å². The molecule has 0 saturated carbocycles. The number of rotatable bonds is 2. The molecule has 0 heterocycles. The summed E-state index contributed by atoms with van der Waals surface area (Å²) in [5.41, 5.74) is 2.13. The highest BCUT2D eigenvalue weighted by Gasteiger charge is 2.23. The van der Waals surface area contributed by atoms with Gasteiger partial charge in [-0.15, -0.1) is 0 Å². The molecule has 0 aromatic heterocycles.